The number of rotatable bonds is 6. The van der Waals surface area contributed by atoms with E-state index in [9.17, 15) is 4.79 Å². The molecule has 7 heteroatoms. The van der Waals surface area contributed by atoms with Crippen molar-refractivity contribution in [2.24, 2.45) is 0 Å². The minimum Gasteiger partial charge on any atom is -0.373 e. The number of hydrogen-bond donors (Lipinski definition) is 1. The highest BCUT2D eigenvalue weighted by atomic mass is 32.1. The van der Waals surface area contributed by atoms with Crippen LogP contribution in [-0.4, -0.2) is 65.6 Å². The first-order valence-corrected chi connectivity index (χ1v) is 9.77. The maximum Gasteiger partial charge on any atom is 0.240 e. The fraction of sp³-hybridized carbons (Fsp3) is 0.765. The van der Waals surface area contributed by atoms with Crippen LogP contribution in [-0.2, 0) is 16.1 Å². The molecule has 2 fully saturated rings. The van der Waals surface area contributed by atoms with Gasteiger partial charge in [0.1, 0.15) is 0 Å². The SMILES string of the molecule is CC[C@@]1(C)CN(CC(=O)Nc2nc(CN3CCCC3)cs2)CCO1. The van der Waals surface area contributed by atoms with Gasteiger partial charge in [0.25, 0.3) is 0 Å². The van der Waals surface area contributed by atoms with Gasteiger partial charge >= 0.3 is 0 Å². The van der Waals surface area contributed by atoms with E-state index >= 15 is 0 Å². The fourth-order valence-electron chi connectivity index (χ4n) is 3.34. The van der Waals surface area contributed by atoms with Gasteiger partial charge in [-0.25, -0.2) is 4.98 Å². The van der Waals surface area contributed by atoms with Crippen LogP contribution in [0.25, 0.3) is 0 Å². The van der Waals surface area contributed by atoms with Gasteiger partial charge in [0.15, 0.2) is 5.13 Å². The van der Waals surface area contributed by atoms with Gasteiger partial charge in [-0.2, -0.15) is 0 Å². The predicted octanol–water partition coefficient (Wildman–Crippen LogP) is 2.18. The molecule has 1 aromatic rings. The monoisotopic (exact) mass is 352 g/mol. The van der Waals surface area contributed by atoms with E-state index in [1.165, 1.54) is 24.2 Å². The minimum atomic E-state index is -0.136. The van der Waals surface area contributed by atoms with Gasteiger partial charge < -0.3 is 10.1 Å². The maximum atomic E-state index is 12.3. The molecule has 1 aromatic heterocycles. The van der Waals surface area contributed by atoms with Gasteiger partial charge in [-0.3, -0.25) is 14.6 Å². The highest BCUT2D eigenvalue weighted by molar-refractivity contribution is 7.13. The van der Waals surface area contributed by atoms with Crippen molar-refractivity contribution in [1.82, 2.24) is 14.8 Å². The van der Waals surface area contributed by atoms with Crippen molar-refractivity contribution in [3.8, 4) is 0 Å². The largest absolute Gasteiger partial charge is 0.373 e. The van der Waals surface area contributed by atoms with Crippen molar-refractivity contribution < 1.29 is 9.53 Å². The molecule has 1 amide bonds. The number of nitrogens with one attached hydrogen (secondary N) is 1. The number of carbonyl (C=O) groups excluding carboxylic acids is 1. The Kier molecular flexibility index (Phi) is 5.86. The Hall–Kier alpha value is -1.02. The molecule has 0 saturated carbocycles. The Labute approximate surface area is 148 Å². The van der Waals surface area contributed by atoms with Gasteiger partial charge in [0.2, 0.25) is 5.91 Å². The highest BCUT2D eigenvalue weighted by Crippen LogP contribution is 2.22. The highest BCUT2D eigenvalue weighted by Gasteiger charge is 2.31. The van der Waals surface area contributed by atoms with Crippen LogP contribution < -0.4 is 5.32 Å². The van der Waals surface area contributed by atoms with E-state index in [0.717, 1.165) is 44.8 Å². The van der Waals surface area contributed by atoms with Gasteiger partial charge in [-0.1, -0.05) is 6.92 Å². The van der Waals surface area contributed by atoms with Gasteiger partial charge in [0.05, 0.1) is 24.4 Å². The zero-order valence-corrected chi connectivity index (χ0v) is 15.5. The zero-order valence-electron chi connectivity index (χ0n) is 14.7. The molecule has 0 spiro atoms. The molecule has 3 heterocycles. The molecule has 134 valence electrons. The lowest BCUT2D eigenvalue weighted by Crippen LogP contribution is -2.51. The second-order valence-corrected chi connectivity index (χ2v) is 7.90. The number of morpholine rings is 1. The average Bonchev–Trinajstić information content (AvgIpc) is 3.20. The minimum absolute atomic E-state index is 0.0115. The van der Waals surface area contributed by atoms with E-state index in [0.29, 0.717) is 18.3 Å². The average molecular weight is 353 g/mol. The second-order valence-electron chi connectivity index (χ2n) is 7.04. The number of carbonyl (C=O) groups is 1. The summed E-state index contributed by atoms with van der Waals surface area (Å²) in [6, 6.07) is 0. The summed E-state index contributed by atoms with van der Waals surface area (Å²) < 4.78 is 5.82. The quantitative estimate of drug-likeness (QED) is 0.850. The first-order chi connectivity index (χ1) is 11.6. The van der Waals surface area contributed by atoms with Gasteiger partial charge in [-0.05, 0) is 39.3 Å². The van der Waals surface area contributed by atoms with E-state index in [2.05, 4.69) is 39.3 Å². The summed E-state index contributed by atoms with van der Waals surface area (Å²) >= 11 is 1.51. The van der Waals surface area contributed by atoms with Crippen LogP contribution in [0.2, 0.25) is 0 Å². The summed E-state index contributed by atoms with van der Waals surface area (Å²) in [5, 5.41) is 5.71. The van der Waals surface area contributed by atoms with E-state index in [-0.39, 0.29) is 11.5 Å². The smallest absolute Gasteiger partial charge is 0.240 e. The third kappa shape index (κ3) is 4.75. The number of likely N-dealkylation sites (tertiary alicyclic amines) is 1. The van der Waals surface area contributed by atoms with Crippen molar-refractivity contribution in [1.29, 1.82) is 0 Å². The summed E-state index contributed by atoms with van der Waals surface area (Å²) in [4.78, 5) is 21.4. The first-order valence-electron chi connectivity index (χ1n) is 8.89. The van der Waals surface area contributed by atoms with Crippen molar-refractivity contribution >= 4 is 22.4 Å². The molecule has 0 radical (unpaired) electrons. The van der Waals surface area contributed by atoms with Crippen LogP contribution in [0.5, 0.6) is 0 Å². The van der Waals surface area contributed by atoms with Crippen molar-refractivity contribution in [2.75, 3.05) is 44.6 Å². The number of amides is 1. The summed E-state index contributed by atoms with van der Waals surface area (Å²) in [7, 11) is 0. The summed E-state index contributed by atoms with van der Waals surface area (Å²) in [5.41, 5.74) is 0.921. The van der Waals surface area contributed by atoms with E-state index < -0.39 is 0 Å². The molecule has 1 N–H and O–H groups in total. The number of nitrogens with zero attached hydrogens (tertiary/aromatic N) is 3. The lowest BCUT2D eigenvalue weighted by Gasteiger charge is -2.39. The molecule has 1 atom stereocenters. The van der Waals surface area contributed by atoms with Gasteiger partial charge in [0, 0.05) is 25.0 Å². The number of thiazole rings is 1. The van der Waals surface area contributed by atoms with Crippen molar-refractivity contribution in [3.05, 3.63) is 11.1 Å². The molecule has 3 rings (SSSR count). The number of anilines is 1. The summed E-state index contributed by atoms with van der Waals surface area (Å²) in [6.07, 6.45) is 3.52. The van der Waals surface area contributed by atoms with Crippen molar-refractivity contribution in [2.45, 2.75) is 45.3 Å². The van der Waals surface area contributed by atoms with E-state index in [1.54, 1.807) is 0 Å². The molecular weight excluding hydrogens is 324 g/mol. The van der Waals surface area contributed by atoms with Crippen LogP contribution in [0.3, 0.4) is 0 Å². The lowest BCUT2D eigenvalue weighted by atomic mass is 10.0. The first kappa shape index (κ1) is 17.8. The lowest BCUT2D eigenvalue weighted by molar-refractivity contribution is -0.125. The molecule has 0 bridgehead atoms. The molecular formula is C17H28N4O2S. The fourth-order valence-corrected chi connectivity index (χ4v) is 4.05. The Bertz CT molecular complexity index is 559. The number of hydrogen-bond acceptors (Lipinski definition) is 6. The standard InChI is InChI=1S/C17H28N4O2S/c1-3-17(2)13-21(8-9-23-17)11-15(22)19-16-18-14(12-24-16)10-20-6-4-5-7-20/h12H,3-11,13H2,1-2H3,(H,18,19,22)/t17-/m0/s1. The Morgan fingerprint density at radius 3 is 2.92 bits per heavy atom. The number of ether oxygens (including phenoxy) is 1. The van der Waals surface area contributed by atoms with E-state index in [4.69, 9.17) is 4.74 Å². The Morgan fingerprint density at radius 2 is 2.17 bits per heavy atom. The Balaban J connectivity index is 1.47. The molecule has 2 saturated heterocycles. The zero-order chi connectivity index (χ0) is 17.0. The third-order valence-corrected chi connectivity index (χ3v) is 5.72. The topological polar surface area (TPSA) is 57.7 Å². The predicted molar refractivity (Wildman–Crippen MR) is 96.3 cm³/mol. The van der Waals surface area contributed by atoms with Crippen LogP contribution in [0.15, 0.2) is 5.38 Å². The number of aromatic nitrogens is 1. The second kappa shape index (κ2) is 7.91. The summed E-state index contributed by atoms with van der Waals surface area (Å²) in [5.74, 6) is 0.0115. The summed E-state index contributed by atoms with van der Waals surface area (Å²) in [6.45, 7) is 10.2. The molecule has 2 aliphatic heterocycles. The third-order valence-electron chi connectivity index (χ3n) is 4.91. The molecule has 0 aliphatic carbocycles. The molecule has 0 aromatic carbocycles. The Morgan fingerprint density at radius 1 is 1.38 bits per heavy atom. The van der Waals surface area contributed by atoms with Crippen molar-refractivity contribution in [3.63, 3.8) is 0 Å². The van der Waals surface area contributed by atoms with Crippen LogP contribution >= 0.6 is 11.3 Å². The van der Waals surface area contributed by atoms with Gasteiger partial charge in [-0.15, -0.1) is 11.3 Å². The molecule has 6 nitrogen and oxygen atoms in total. The molecule has 2 aliphatic rings. The molecule has 24 heavy (non-hydrogen) atoms. The molecule has 0 unspecified atom stereocenters. The van der Waals surface area contributed by atoms with E-state index in [1.807, 2.05) is 0 Å². The van der Waals surface area contributed by atoms with Crippen LogP contribution in [0.4, 0.5) is 5.13 Å². The normalized spacial score (nSPS) is 25.9. The maximum absolute atomic E-state index is 12.3. The van der Waals surface area contributed by atoms with Crippen LogP contribution in [0.1, 0.15) is 38.8 Å². The van der Waals surface area contributed by atoms with Crippen LogP contribution in [0, 0.1) is 0 Å².